The van der Waals surface area contributed by atoms with Crippen molar-refractivity contribution in [1.29, 1.82) is 0 Å². The van der Waals surface area contributed by atoms with Crippen LogP contribution < -0.4 is 5.73 Å². The maximum absolute atomic E-state index is 13.0. The van der Waals surface area contributed by atoms with Gasteiger partial charge in [0.1, 0.15) is 5.82 Å². The zero-order chi connectivity index (χ0) is 15.6. The summed E-state index contributed by atoms with van der Waals surface area (Å²) in [6.45, 7) is 2.01. The molecule has 0 saturated carbocycles. The van der Waals surface area contributed by atoms with Gasteiger partial charge < -0.3 is 5.73 Å². The second-order valence-electron chi connectivity index (χ2n) is 5.09. The fourth-order valence-electron chi connectivity index (χ4n) is 2.33. The first kappa shape index (κ1) is 16.3. The summed E-state index contributed by atoms with van der Waals surface area (Å²) in [5.41, 5.74) is 8.81. The summed E-state index contributed by atoms with van der Waals surface area (Å²) in [4.78, 5) is 0. The molecule has 0 saturated heterocycles. The van der Waals surface area contributed by atoms with Gasteiger partial charge in [0, 0.05) is 24.5 Å². The van der Waals surface area contributed by atoms with Crippen LogP contribution in [-0.4, -0.2) is 15.8 Å². The van der Waals surface area contributed by atoms with Crippen LogP contribution in [0.1, 0.15) is 23.9 Å². The molecule has 0 bridgehead atoms. The van der Waals surface area contributed by atoms with Gasteiger partial charge in [-0.25, -0.2) is 4.39 Å². The molecule has 1 heterocycles. The molecule has 6 heteroatoms. The molecule has 2 rings (SSSR count). The Morgan fingerprint density at radius 3 is 2.62 bits per heavy atom. The summed E-state index contributed by atoms with van der Waals surface area (Å²) in [7, 11) is 1.86. The summed E-state index contributed by atoms with van der Waals surface area (Å²) in [5.74, 6) is -0.348. The molecule has 2 aromatic rings. The minimum Gasteiger partial charge on any atom is -0.327 e. The summed E-state index contributed by atoms with van der Waals surface area (Å²) in [5, 5.41) is 5.45. The third kappa shape index (κ3) is 3.76. The highest BCUT2D eigenvalue weighted by Crippen LogP contribution is 2.24. The molecule has 0 aliphatic rings. The third-order valence-electron chi connectivity index (χ3n) is 3.46. The third-order valence-corrected chi connectivity index (χ3v) is 4.24. The summed E-state index contributed by atoms with van der Waals surface area (Å²) >= 11 is 12.3. The number of aryl methyl sites for hydroxylation is 2. The van der Waals surface area contributed by atoms with Crippen LogP contribution in [0.25, 0.3) is 0 Å². The van der Waals surface area contributed by atoms with Crippen LogP contribution in [0.4, 0.5) is 4.39 Å². The van der Waals surface area contributed by atoms with Gasteiger partial charge in [-0.1, -0.05) is 36.2 Å². The van der Waals surface area contributed by atoms with Crippen molar-refractivity contribution in [2.45, 2.75) is 32.2 Å². The van der Waals surface area contributed by atoms with Crippen molar-refractivity contribution in [3.63, 3.8) is 0 Å². The number of hydrogen-bond donors (Lipinski definition) is 1. The van der Waals surface area contributed by atoms with Gasteiger partial charge in [0.05, 0.1) is 16.4 Å². The number of nitrogens with two attached hydrogens (primary N) is 1. The van der Waals surface area contributed by atoms with Crippen molar-refractivity contribution in [1.82, 2.24) is 9.78 Å². The lowest BCUT2D eigenvalue weighted by atomic mass is 10.0. The molecule has 0 amide bonds. The second-order valence-corrected chi connectivity index (χ2v) is 5.87. The number of rotatable bonds is 5. The Hall–Kier alpha value is -1.10. The lowest BCUT2D eigenvalue weighted by molar-refractivity contribution is 0.607. The van der Waals surface area contributed by atoms with Crippen LogP contribution in [0, 0.1) is 5.82 Å². The number of hydrogen-bond acceptors (Lipinski definition) is 2. The van der Waals surface area contributed by atoms with Crippen LogP contribution in [-0.2, 0) is 26.3 Å². The maximum atomic E-state index is 13.0. The number of halogens is 3. The van der Waals surface area contributed by atoms with Crippen LogP contribution in [0.2, 0.25) is 10.0 Å². The van der Waals surface area contributed by atoms with E-state index in [9.17, 15) is 4.39 Å². The molecular formula is C15H18Cl2FN3. The molecule has 114 valence electrons. The van der Waals surface area contributed by atoms with Gasteiger partial charge in [0.15, 0.2) is 0 Å². The number of nitrogens with zero attached hydrogens (tertiary/aromatic N) is 2. The molecule has 0 fully saturated rings. The molecule has 1 aromatic heterocycles. The number of aromatic nitrogens is 2. The van der Waals surface area contributed by atoms with E-state index < -0.39 is 0 Å². The zero-order valence-corrected chi connectivity index (χ0v) is 13.5. The Kier molecular flexibility index (Phi) is 5.25. The average Bonchev–Trinajstić information content (AvgIpc) is 2.69. The second kappa shape index (κ2) is 6.77. The van der Waals surface area contributed by atoms with E-state index in [4.69, 9.17) is 28.9 Å². The molecule has 0 radical (unpaired) electrons. The predicted molar refractivity (Wildman–Crippen MR) is 84.4 cm³/mol. The van der Waals surface area contributed by atoms with Gasteiger partial charge in [0.25, 0.3) is 0 Å². The van der Waals surface area contributed by atoms with Crippen molar-refractivity contribution in [2.24, 2.45) is 12.8 Å². The van der Waals surface area contributed by atoms with E-state index in [0.717, 1.165) is 23.4 Å². The minimum atomic E-state index is -0.348. The van der Waals surface area contributed by atoms with E-state index in [2.05, 4.69) is 5.10 Å². The molecular weight excluding hydrogens is 312 g/mol. The van der Waals surface area contributed by atoms with Gasteiger partial charge in [0.2, 0.25) is 0 Å². The Balaban J connectivity index is 2.11. The van der Waals surface area contributed by atoms with Crippen molar-refractivity contribution in [3.05, 3.63) is 51.0 Å². The first-order valence-electron chi connectivity index (χ1n) is 6.82. The molecule has 21 heavy (non-hydrogen) atoms. The molecule has 0 aliphatic heterocycles. The van der Waals surface area contributed by atoms with Crippen LogP contribution in [0.5, 0.6) is 0 Å². The van der Waals surface area contributed by atoms with E-state index in [1.807, 2.05) is 14.0 Å². The Bertz CT molecular complexity index is 640. The van der Waals surface area contributed by atoms with E-state index in [0.29, 0.717) is 22.9 Å². The minimum absolute atomic E-state index is 0.162. The van der Waals surface area contributed by atoms with Gasteiger partial charge in [-0.3, -0.25) is 4.68 Å². The highest BCUT2D eigenvalue weighted by Gasteiger charge is 2.17. The van der Waals surface area contributed by atoms with Gasteiger partial charge in [-0.2, -0.15) is 5.10 Å². The predicted octanol–water partition coefficient (Wildman–Crippen LogP) is 3.54. The monoisotopic (exact) mass is 329 g/mol. The van der Waals surface area contributed by atoms with Crippen LogP contribution in [0.3, 0.4) is 0 Å². The Morgan fingerprint density at radius 1 is 1.33 bits per heavy atom. The lowest BCUT2D eigenvalue weighted by Crippen LogP contribution is -2.27. The van der Waals surface area contributed by atoms with E-state index in [1.54, 1.807) is 10.7 Å². The van der Waals surface area contributed by atoms with Crippen LogP contribution >= 0.6 is 23.2 Å². The Morgan fingerprint density at radius 2 is 2.05 bits per heavy atom. The van der Waals surface area contributed by atoms with Crippen LogP contribution in [0.15, 0.2) is 18.2 Å². The molecule has 2 N–H and O–H groups in total. The summed E-state index contributed by atoms with van der Waals surface area (Å²) in [6.07, 6.45) is 1.93. The van der Waals surface area contributed by atoms with E-state index in [-0.39, 0.29) is 11.9 Å². The molecule has 1 aromatic carbocycles. The largest absolute Gasteiger partial charge is 0.327 e. The molecule has 1 unspecified atom stereocenters. The van der Waals surface area contributed by atoms with Gasteiger partial charge >= 0.3 is 0 Å². The Labute approximate surface area is 133 Å². The van der Waals surface area contributed by atoms with Gasteiger partial charge in [-0.15, -0.1) is 0 Å². The lowest BCUT2D eigenvalue weighted by Gasteiger charge is -2.13. The SMILES string of the molecule is CCc1nn(C)c(CC(N)Cc2ccc(F)cc2Cl)c1Cl. The highest BCUT2D eigenvalue weighted by atomic mass is 35.5. The smallest absolute Gasteiger partial charge is 0.124 e. The summed E-state index contributed by atoms with van der Waals surface area (Å²) in [6, 6.07) is 4.20. The van der Waals surface area contributed by atoms with E-state index >= 15 is 0 Å². The average molecular weight is 330 g/mol. The number of benzene rings is 1. The fraction of sp³-hybridized carbons (Fsp3) is 0.400. The quantitative estimate of drug-likeness (QED) is 0.911. The highest BCUT2D eigenvalue weighted by molar-refractivity contribution is 6.32. The first-order chi connectivity index (χ1) is 9.92. The first-order valence-corrected chi connectivity index (χ1v) is 7.57. The van der Waals surface area contributed by atoms with Crippen molar-refractivity contribution in [3.8, 4) is 0 Å². The molecule has 3 nitrogen and oxygen atoms in total. The van der Waals surface area contributed by atoms with Crippen molar-refractivity contribution < 1.29 is 4.39 Å². The summed E-state index contributed by atoms with van der Waals surface area (Å²) < 4.78 is 14.8. The topological polar surface area (TPSA) is 43.8 Å². The fourth-order valence-corrected chi connectivity index (χ4v) is 2.95. The molecule has 1 atom stereocenters. The normalized spacial score (nSPS) is 12.7. The maximum Gasteiger partial charge on any atom is 0.124 e. The molecule has 0 spiro atoms. The van der Waals surface area contributed by atoms with Crippen molar-refractivity contribution in [2.75, 3.05) is 0 Å². The standard InChI is InChI=1S/C15H18Cl2FN3/c1-3-13-15(17)14(21(2)20-13)8-11(19)6-9-4-5-10(18)7-12(9)16/h4-5,7,11H,3,6,8,19H2,1-2H3. The van der Waals surface area contributed by atoms with Gasteiger partial charge in [-0.05, 0) is 30.5 Å². The molecule has 0 aliphatic carbocycles. The van der Waals surface area contributed by atoms with Crippen molar-refractivity contribution >= 4 is 23.2 Å². The zero-order valence-electron chi connectivity index (χ0n) is 12.0. The van der Waals surface area contributed by atoms with E-state index in [1.165, 1.54) is 12.1 Å².